The van der Waals surface area contributed by atoms with Gasteiger partial charge in [-0.1, -0.05) is 43.3 Å². The van der Waals surface area contributed by atoms with Crippen molar-refractivity contribution in [3.8, 4) is 0 Å². The Morgan fingerprint density at radius 2 is 1.80 bits per heavy atom. The summed E-state index contributed by atoms with van der Waals surface area (Å²) in [6.07, 6.45) is 0. The van der Waals surface area contributed by atoms with Crippen LogP contribution >= 0.6 is 0 Å². The van der Waals surface area contributed by atoms with Crippen LogP contribution in [0.1, 0.15) is 45.7 Å². The van der Waals surface area contributed by atoms with E-state index in [9.17, 15) is 0 Å². The summed E-state index contributed by atoms with van der Waals surface area (Å²) in [5.41, 5.74) is 4.17. The van der Waals surface area contributed by atoms with Crippen molar-refractivity contribution in [3.05, 3.63) is 47.5 Å². The van der Waals surface area contributed by atoms with Gasteiger partial charge in [-0.2, -0.15) is 0 Å². The zero-order valence-electron chi connectivity index (χ0n) is 13.8. The smallest absolute Gasteiger partial charge is 0.0240 e. The van der Waals surface area contributed by atoms with Gasteiger partial charge in [0.25, 0.3) is 0 Å². The molecule has 0 unspecified atom stereocenters. The van der Waals surface area contributed by atoms with Gasteiger partial charge in [0, 0.05) is 25.2 Å². The van der Waals surface area contributed by atoms with Crippen LogP contribution in [-0.4, -0.2) is 23.5 Å². The highest BCUT2D eigenvalue weighted by atomic mass is 15.1. The van der Waals surface area contributed by atoms with E-state index < -0.39 is 0 Å². The third-order valence-corrected chi connectivity index (χ3v) is 3.26. The molecular weight excluding hydrogens is 244 g/mol. The van der Waals surface area contributed by atoms with Crippen LogP contribution < -0.4 is 5.32 Å². The van der Waals surface area contributed by atoms with Crippen LogP contribution in [0.15, 0.2) is 36.4 Å². The van der Waals surface area contributed by atoms with E-state index in [2.05, 4.69) is 75.7 Å². The number of benzene rings is 1. The van der Waals surface area contributed by atoms with Gasteiger partial charge >= 0.3 is 0 Å². The highest BCUT2D eigenvalue weighted by Gasteiger charge is 2.11. The standard InChI is InChI=1S/C18H30N2/c1-7-20(13-15(2)3)14-17-11-9-8-10-16(17)12-19-18(4,5)6/h8-11,19H,2,7,12-14H2,1,3-6H3. The molecule has 1 aromatic carbocycles. The van der Waals surface area contributed by atoms with Crippen LogP contribution in [0.2, 0.25) is 0 Å². The van der Waals surface area contributed by atoms with Gasteiger partial charge in [0.15, 0.2) is 0 Å². The maximum absolute atomic E-state index is 4.02. The SMILES string of the molecule is C=C(C)CN(CC)Cc1ccccc1CNC(C)(C)C. The Labute approximate surface area is 124 Å². The molecule has 0 saturated carbocycles. The second-order valence-corrected chi connectivity index (χ2v) is 6.63. The number of likely N-dealkylation sites (N-methyl/N-ethyl adjacent to an activating group) is 1. The monoisotopic (exact) mass is 274 g/mol. The van der Waals surface area contributed by atoms with Crippen molar-refractivity contribution in [2.24, 2.45) is 0 Å². The molecule has 112 valence electrons. The van der Waals surface area contributed by atoms with E-state index in [0.717, 1.165) is 26.2 Å². The fourth-order valence-electron chi connectivity index (χ4n) is 2.15. The molecule has 0 aromatic heterocycles. The van der Waals surface area contributed by atoms with Crippen LogP contribution in [-0.2, 0) is 13.1 Å². The Bertz CT molecular complexity index is 429. The van der Waals surface area contributed by atoms with Crippen LogP contribution in [0.4, 0.5) is 0 Å². The van der Waals surface area contributed by atoms with Crippen molar-refractivity contribution in [3.63, 3.8) is 0 Å². The fraction of sp³-hybridized carbons (Fsp3) is 0.556. The molecule has 2 nitrogen and oxygen atoms in total. The number of nitrogens with zero attached hydrogens (tertiary/aromatic N) is 1. The minimum Gasteiger partial charge on any atom is -0.308 e. The molecule has 0 saturated heterocycles. The first kappa shape index (κ1) is 16.9. The maximum atomic E-state index is 4.02. The van der Waals surface area contributed by atoms with Gasteiger partial charge in [-0.25, -0.2) is 0 Å². The molecule has 1 rings (SSSR count). The summed E-state index contributed by atoms with van der Waals surface area (Å²) in [5, 5.41) is 3.57. The molecule has 1 N–H and O–H groups in total. The quantitative estimate of drug-likeness (QED) is 0.757. The molecule has 0 fully saturated rings. The average Bonchev–Trinajstić information content (AvgIpc) is 2.35. The van der Waals surface area contributed by atoms with E-state index in [-0.39, 0.29) is 5.54 Å². The first-order chi connectivity index (χ1) is 9.31. The van der Waals surface area contributed by atoms with Gasteiger partial charge in [-0.15, -0.1) is 0 Å². The molecule has 0 atom stereocenters. The van der Waals surface area contributed by atoms with Gasteiger partial charge in [-0.3, -0.25) is 4.90 Å². The van der Waals surface area contributed by atoms with Crippen molar-refractivity contribution in [1.82, 2.24) is 10.2 Å². The second kappa shape index (κ2) is 7.61. The molecule has 20 heavy (non-hydrogen) atoms. The molecule has 0 aliphatic rings. The molecule has 0 aliphatic carbocycles. The number of hydrogen-bond acceptors (Lipinski definition) is 2. The second-order valence-electron chi connectivity index (χ2n) is 6.63. The summed E-state index contributed by atoms with van der Waals surface area (Å²) in [7, 11) is 0. The van der Waals surface area contributed by atoms with Crippen molar-refractivity contribution in [2.75, 3.05) is 13.1 Å². The zero-order valence-corrected chi connectivity index (χ0v) is 13.8. The maximum Gasteiger partial charge on any atom is 0.0240 e. The van der Waals surface area contributed by atoms with E-state index >= 15 is 0 Å². The van der Waals surface area contributed by atoms with Crippen molar-refractivity contribution in [2.45, 2.75) is 53.2 Å². The van der Waals surface area contributed by atoms with Crippen LogP contribution in [0.3, 0.4) is 0 Å². The van der Waals surface area contributed by atoms with E-state index in [1.807, 2.05) is 0 Å². The fourth-order valence-corrected chi connectivity index (χ4v) is 2.15. The number of rotatable bonds is 7. The average molecular weight is 274 g/mol. The molecule has 1 aromatic rings. The Morgan fingerprint density at radius 1 is 1.20 bits per heavy atom. The summed E-state index contributed by atoms with van der Waals surface area (Å²) in [5.74, 6) is 0. The van der Waals surface area contributed by atoms with Crippen molar-refractivity contribution >= 4 is 0 Å². The van der Waals surface area contributed by atoms with Crippen LogP contribution in [0.5, 0.6) is 0 Å². The van der Waals surface area contributed by atoms with E-state index in [0.29, 0.717) is 0 Å². The van der Waals surface area contributed by atoms with Gasteiger partial charge < -0.3 is 5.32 Å². The normalized spacial score (nSPS) is 11.9. The lowest BCUT2D eigenvalue weighted by molar-refractivity contribution is 0.303. The topological polar surface area (TPSA) is 15.3 Å². The Balaban J connectivity index is 2.76. The molecule has 0 aliphatic heterocycles. The number of nitrogens with one attached hydrogen (secondary N) is 1. The summed E-state index contributed by atoms with van der Waals surface area (Å²) in [6, 6.07) is 8.71. The van der Waals surface area contributed by atoms with Crippen molar-refractivity contribution < 1.29 is 0 Å². The molecule has 0 spiro atoms. The van der Waals surface area contributed by atoms with Gasteiger partial charge in [-0.05, 0) is 45.4 Å². The van der Waals surface area contributed by atoms with E-state index in [4.69, 9.17) is 0 Å². The molecule has 0 heterocycles. The van der Waals surface area contributed by atoms with E-state index in [1.165, 1.54) is 16.7 Å². The first-order valence-electron chi connectivity index (χ1n) is 7.50. The third-order valence-electron chi connectivity index (χ3n) is 3.26. The van der Waals surface area contributed by atoms with Gasteiger partial charge in [0.05, 0.1) is 0 Å². The summed E-state index contributed by atoms with van der Waals surface area (Å²) in [4.78, 5) is 2.43. The molecule has 0 bridgehead atoms. The van der Waals surface area contributed by atoms with Crippen molar-refractivity contribution in [1.29, 1.82) is 0 Å². The Kier molecular flexibility index (Phi) is 6.44. The van der Waals surface area contributed by atoms with Gasteiger partial charge in [0.2, 0.25) is 0 Å². The molecule has 0 radical (unpaired) electrons. The summed E-state index contributed by atoms with van der Waals surface area (Å²) >= 11 is 0. The van der Waals surface area contributed by atoms with Crippen LogP contribution in [0, 0.1) is 0 Å². The predicted octanol–water partition coefficient (Wildman–Crippen LogP) is 3.97. The molecular formula is C18H30N2. The summed E-state index contributed by atoms with van der Waals surface area (Å²) < 4.78 is 0. The Morgan fingerprint density at radius 3 is 2.30 bits per heavy atom. The minimum atomic E-state index is 0.148. The minimum absolute atomic E-state index is 0.148. The first-order valence-corrected chi connectivity index (χ1v) is 7.50. The largest absolute Gasteiger partial charge is 0.308 e. The predicted molar refractivity (Wildman–Crippen MR) is 88.8 cm³/mol. The number of hydrogen-bond donors (Lipinski definition) is 1. The lowest BCUT2D eigenvalue weighted by Gasteiger charge is -2.24. The lowest BCUT2D eigenvalue weighted by atomic mass is 10.0. The highest BCUT2D eigenvalue weighted by Crippen LogP contribution is 2.14. The zero-order chi connectivity index (χ0) is 15.2. The van der Waals surface area contributed by atoms with Crippen LogP contribution in [0.25, 0.3) is 0 Å². The summed E-state index contributed by atoms with van der Waals surface area (Å²) in [6.45, 7) is 18.9. The van der Waals surface area contributed by atoms with E-state index in [1.54, 1.807) is 0 Å². The molecule has 2 heteroatoms. The Hall–Kier alpha value is -1.12. The highest BCUT2D eigenvalue weighted by molar-refractivity contribution is 5.27. The molecule has 0 amide bonds. The third kappa shape index (κ3) is 6.36. The lowest BCUT2D eigenvalue weighted by Crippen LogP contribution is -2.35. The van der Waals surface area contributed by atoms with Gasteiger partial charge in [0.1, 0.15) is 0 Å².